The summed E-state index contributed by atoms with van der Waals surface area (Å²) in [5.74, 6) is 1.65. The van der Waals surface area contributed by atoms with Crippen LogP contribution in [0.5, 0.6) is 5.75 Å². The van der Waals surface area contributed by atoms with Gasteiger partial charge in [0, 0.05) is 12.1 Å². The second-order valence-electron chi connectivity index (χ2n) is 4.25. The number of hydrogen-bond donors (Lipinski definition) is 1. The van der Waals surface area contributed by atoms with Crippen LogP contribution in [0.15, 0.2) is 18.3 Å². The summed E-state index contributed by atoms with van der Waals surface area (Å²) in [5.41, 5.74) is 0. The zero-order valence-electron chi connectivity index (χ0n) is 8.32. The van der Waals surface area contributed by atoms with Crippen molar-refractivity contribution < 1.29 is 4.74 Å². The van der Waals surface area contributed by atoms with Gasteiger partial charge in [-0.25, -0.2) is 4.98 Å². The van der Waals surface area contributed by atoms with E-state index in [-0.39, 0.29) is 0 Å². The number of rotatable bonds is 3. The molecule has 2 fully saturated rings. The predicted molar refractivity (Wildman–Crippen MR) is 58.2 cm³/mol. The second-order valence-corrected chi connectivity index (χ2v) is 4.64. The number of hydrogen-bond acceptors (Lipinski definition) is 3. The first-order valence-corrected chi connectivity index (χ1v) is 5.71. The Balaban J connectivity index is 1.51. The molecule has 0 radical (unpaired) electrons. The van der Waals surface area contributed by atoms with E-state index in [9.17, 15) is 0 Å². The molecule has 80 valence electrons. The van der Waals surface area contributed by atoms with Crippen LogP contribution < -0.4 is 10.1 Å². The number of nitrogens with zero attached hydrogens (tertiary/aromatic N) is 1. The normalized spacial score (nSPS) is 32.5. The summed E-state index contributed by atoms with van der Waals surface area (Å²) in [7, 11) is 0. The molecule has 1 saturated heterocycles. The number of nitrogens with one attached hydrogen (secondary N) is 1. The van der Waals surface area contributed by atoms with Crippen LogP contribution in [0, 0.1) is 5.92 Å². The fraction of sp³-hybridized carbons (Fsp3) is 0.545. The number of ether oxygens (including phenoxy) is 1. The SMILES string of the molecule is Clc1ccc(OC[C@H]2NC3CCC32)cn1. The van der Waals surface area contributed by atoms with E-state index in [2.05, 4.69) is 10.3 Å². The van der Waals surface area contributed by atoms with Crippen molar-refractivity contribution >= 4 is 11.6 Å². The molecule has 1 saturated carbocycles. The molecular weight excluding hydrogens is 212 g/mol. The minimum absolute atomic E-state index is 0.503. The highest BCUT2D eigenvalue weighted by Crippen LogP contribution is 2.38. The molecule has 0 spiro atoms. The Kier molecular flexibility index (Phi) is 2.29. The van der Waals surface area contributed by atoms with Crippen LogP contribution in [-0.4, -0.2) is 23.7 Å². The van der Waals surface area contributed by atoms with Gasteiger partial charge in [0.2, 0.25) is 0 Å². The van der Waals surface area contributed by atoms with Gasteiger partial charge < -0.3 is 10.1 Å². The average Bonchev–Trinajstić information content (AvgIpc) is 2.22. The van der Waals surface area contributed by atoms with Crippen LogP contribution >= 0.6 is 11.6 Å². The Hall–Kier alpha value is -0.800. The van der Waals surface area contributed by atoms with E-state index in [1.165, 1.54) is 12.8 Å². The van der Waals surface area contributed by atoms with Crippen LogP contribution in [0.25, 0.3) is 0 Å². The van der Waals surface area contributed by atoms with Crippen molar-refractivity contribution in [1.29, 1.82) is 0 Å². The number of halogens is 1. The van der Waals surface area contributed by atoms with E-state index >= 15 is 0 Å². The minimum atomic E-state index is 0.503. The molecule has 1 aromatic heterocycles. The molecule has 0 aromatic carbocycles. The summed E-state index contributed by atoms with van der Waals surface area (Å²) < 4.78 is 5.63. The lowest BCUT2D eigenvalue weighted by molar-refractivity contribution is 0.0148. The summed E-state index contributed by atoms with van der Waals surface area (Å²) in [4.78, 5) is 3.97. The molecule has 4 heteroatoms. The zero-order chi connectivity index (χ0) is 10.3. The highest BCUT2D eigenvalue weighted by Gasteiger charge is 2.46. The van der Waals surface area contributed by atoms with E-state index < -0.39 is 0 Å². The third-order valence-electron chi connectivity index (χ3n) is 3.40. The smallest absolute Gasteiger partial charge is 0.137 e. The maximum Gasteiger partial charge on any atom is 0.137 e. The standard InChI is InChI=1S/C11H13ClN2O/c12-11-4-1-7(5-13-11)15-6-10-8-2-3-9(8)14-10/h1,4-5,8-10,14H,2-3,6H2/t8?,9?,10-/m1/s1. The van der Waals surface area contributed by atoms with Gasteiger partial charge in [0.15, 0.2) is 0 Å². The molecule has 1 aliphatic heterocycles. The van der Waals surface area contributed by atoms with Crippen LogP contribution in [0.4, 0.5) is 0 Å². The Morgan fingerprint density at radius 2 is 2.40 bits per heavy atom. The van der Waals surface area contributed by atoms with E-state index in [1.54, 1.807) is 12.3 Å². The second kappa shape index (κ2) is 3.65. The molecule has 1 aliphatic carbocycles. The van der Waals surface area contributed by atoms with Gasteiger partial charge in [-0.15, -0.1) is 0 Å². The fourth-order valence-electron chi connectivity index (χ4n) is 2.30. The lowest BCUT2D eigenvalue weighted by atomic mass is 9.68. The topological polar surface area (TPSA) is 34.1 Å². The first kappa shape index (κ1) is 9.43. The quantitative estimate of drug-likeness (QED) is 0.796. The summed E-state index contributed by atoms with van der Waals surface area (Å²) in [5, 5.41) is 3.99. The van der Waals surface area contributed by atoms with Crippen molar-refractivity contribution in [3.8, 4) is 5.75 Å². The molecule has 1 N–H and O–H groups in total. The van der Waals surface area contributed by atoms with E-state index in [1.807, 2.05) is 6.07 Å². The number of aromatic nitrogens is 1. The highest BCUT2D eigenvalue weighted by molar-refractivity contribution is 6.29. The van der Waals surface area contributed by atoms with Crippen LogP contribution in [0.1, 0.15) is 12.8 Å². The monoisotopic (exact) mass is 224 g/mol. The Morgan fingerprint density at radius 1 is 1.47 bits per heavy atom. The molecule has 2 aliphatic rings. The molecule has 3 rings (SSSR count). The molecule has 3 atom stereocenters. The summed E-state index contributed by atoms with van der Waals surface area (Å²) >= 11 is 5.69. The number of fused-ring (bicyclic) bond motifs is 1. The first-order chi connectivity index (χ1) is 7.33. The maximum atomic E-state index is 5.69. The fourth-order valence-corrected chi connectivity index (χ4v) is 2.41. The third-order valence-corrected chi connectivity index (χ3v) is 3.63. The molecule has 2 heterocycles. The van der Waals surface area contributed by atoms with Crippen molar-refractivity contribution in [3.05, 3.63) is 23.5 Å². The van der Waals surface area contributed by atoms with Crippen LogP contribution in [0.2, 0.25) is 5.15 Å². The van der Waals surface area contributed by atoms with E-state index in [4.69, 9.17) is 16.3 Å². The molecule has 0 bridgehead atoms. The van der Waals surface area contributed by atoms with Gasteiger partial charge in [-0.05, 0) is 30.9 Å². The predicted octanol–water partition coefficient (Wildman–Crippen LogP) is 1.86. The van der Waals surface area contributed by atoms with Gasteiger partial charge in [0.05, 0.1) is 6.20 Å². The number of pyridine rings is 1. The Labute approximate surface area is 93.8 Å². The first-order valence-electron chi connectivity index (χ1n) is 5.33. The van der Waals surface area contributed by atoms with E-state index in [0.29, 0.717) is 11.2 Å². The average molecular weight is 225 g/mol. The summed E-state index contributed by atoms with van der Waals surface area (Å²) in [6.07, 6.45) is 4.35. The number of piperidine rings is 1. The third kappa shape index (κ3) is 1.70. The molecule has 2 unspecified atom stereocenters. The Morgan fingerprint density at radius 3 is 2.93 bits per heavy atom. The lowest BCUT2D eigenvalue weighted by Crippen LogP contribution is -2.68. The van der Waals surface area contributed by atoms with Gasteiger partial charge in [-0.3, -0.25) is 0 Å². The molecular formula is C11H13ClN2O. The van der Waals surface area contributed by atoms with Gasteiger partial charge >= 0.3 is 0 Å². The molecule has 15 heavy (non-hydrogen) atoms. The molecule has 0 amide bonds. The van der Waals surface area contributed by atoms with Gasteiger partial charge in [0.1, 0.15) is 17.5 Å². The minimum Gasteiger partial charge on any atom is -0.490 e. The largest absolute Gasteiger partial charge is 0.490 e. The van der Waals surface area contributed by atoms with Gasteiger partial charge in [-0.2, -0.15) is 0 Å². The lowest BCUT2D eigenvalue weighted by Gasteiger charge is -2.53. The van der Waals surface area contributed by atoms with Crippen molar-refractivity contribution in [2.45, 2.75) is 24.9 Å². The van der Waals surface area contributed by atoms with Crippen LogP contribution in [-0.2, 0) is 0 Å². The van der Waals surface area contributed by atoms with Crippen molar-refractivity contribution in [2.24, 2.45) is 5.92 Å². The molecule has 1 aromatic rings. The van der Waals surface area contributed by atoms with Crippen molar-refractivity contribution in [1.82, 2.24) is 10.3 Å². The van der Waals surface area contributed by atoms with Crippen molar-refractivity contribution in [3.63, 3.8) is 0 Å². The van der Waals surface area contributed by atoms with Gasteiger partial charge in [-0.1, -0.05) is 11.6 Å². The maximum absolute atomic E-state index is 5.69. The summed E-state index contributed by atoms with van der Waals surface area (Å²) in [6.45, 7) is 0.741. The van der Waals surface area contributed by atoms with E-state index in [0.717, 1.165) is 24.3 Å². The summed E-state index contributed by atoms with van der Waals surface area (Å²) in [6, 6.07) is 4.92. The molecule has 3 nitrogen and oxygen atoms in total. The van der Waals surface area contributed by atoms with Crippen molar-refractivity contribution in [2.75, 3.05) is 6.61 Å². The van der Waals surface area contributed by atoms with Gasteiger partial charge in [0.25, 0.3) is 0 Å². The highest BCUT2D eigenvalue weighted by atomic mass is 35.5. The Bertz CT molecular complexity index is 354. The zero-order valence-corrected chi connectivity index (χ0v) is 9.07. The van der Waals surface area contributed by atoms with Crippen LogP contribution in [0.3, 0.4) is 0 Å².